The van der Waals surface area contributed by atoms with Crippen LogP contribution in [-0.4, -0.2) is 37.4 Å². The van der Waals surface area contributed by atoms with Gasteiger partial charge in [0.25, 0.3) is 5.91 Å². The van der Waals surface area contributed by atoms with Crippen molar-refractivity contribution in [2.24, 2.45) is 5.92 Å². The summed E-state index contributed by atoms with van der Waals surface area (Å²) in [7, 11) is 0. The minimum atomic E-state index is -0.154. The summed E-state index contributed by atoms with van der Waals surface area (Å²) in [4.78, 5) is 37.5. The Morgan fingerprint density at radius 3 is 2.96 bits per heavy atom. The Morgan fingerprint density at radius 2 is 2.25 bits per heavy atom. The van der Waals surface area contributed by atoms with Crippen molar-refractivity contribution in [2.45, 2.75) is 19.3 Å². The van der Waals surface area contributed by atoms with Crippen LogP contribution in [0.25, 0.3) is 0 Å². The van der Waals surface area contributed by atoms with Gasteiger partial charge in [0.05, 0.1) is 0 Å². The van der Waals surface area contributed by atoms with Gasteiger partial charge >= 0.3 is 0 Å². The van der Waals surface area contributed by atoms with Crippen molar-refractivity contribution in [3.8, 4) is 0 Å². The molecule has 0 radical (unpaired) electrons. The number of benzene rings is 1. The van der Waals surface area contributed by atoms with E-state index in [9.17, 15) is 14.4 Å². The monoisotopic (exact) mass is 327 g/mol. The van der Waals surface area contributed by atoms with Gasteiger partial charge in [-0.05, 0) is 36.6 Å². The summed E-state index contributed by atoms with van der Waals surface area (Å²) in [5, 5.41) is 5.68. The summed E-state index contributed by atoms with van der Waals surface area (Å²) in [6.45, 7) is 5.25. The van der Waals surface area contributed by atoms with Gasteiger partial charge < -0.3 is 15.5 Å². The molecule has 2 N–H and O–H groups in total. The van der Waals surface area contributed by atoms with Crippen LogP contribution in [0.5, 0.6) is 0 Å². The second-order valence-corrected chi connectivity index (χ2v) is 6.19. The summed E-state index contributed by atoms with van der Waals surface area (Å²) in [6, 6.07) is 5.45. The van der Waals surface area contributed by atoms with Crippen LogP contribution in [0.2, 0.25) is 0 Å². The molecule has 3 amide bonds. The fourth-order valence-electron chi connectivity index (χ4n) is 3.32. The zero-order valence-corrected chi connectivity index (χ0v) is 13.5. The highest BCUT2D eigenvalue weighted by molar-refractivity contribution is 6.04. The van der Waals surface area contributed by atoms with Crippen LogP contribution in [0.1, 0.15) is 28.8 Å². The average Bonchev–Trinajstić information content (AvgIpc) is 3.03. The Bertz CT molecular complexity index is 699. The van der Waals surface area contributed by atoms with Crippen molar-refractivity contribution in [3.05, 3.63) is 42.0 Å². The average molecular weight is 327 g/mol. The predicted molar refractivity (Wildman–Crippen MR) is 90.8 cm³/mol. The van der Waals surface area contributed by atoms with Gasteiger partial charge in [0.2, 0.25) is 11.8 Å². The molecule has 0 saturated carbocycles. The lowest BCUT2D eigenvalue weighted by molar-refractivity contribution is -0.119. The van der Waals surface area contributed by atoms with Crippen LogP contribution in [0.4, 0.5) is 5.69 Å². The van der Waals surface area contributed by atoms with E-state index in [-0.39, 0.29) is 23.6 Å². The van der Waals surface area contributed by atoms with Gasteiger partial charge in [-0.1, -0.05) is 12.6 Å². The molecule has 0 aliphatic carbocycles. The molecule has 2 heterocycles. The SMILES string of the molecule is C=CC(=O)N1CCCc2c(C(=O)NCC3CNC(=O)C3)cccc21. The quantitative estimate of drug-likeness (QED) is 0.811. The predicted octanol–water partition coefficient (Wildman–Crippen LogP) is 1.02. The van der Waals surface area contributed by atoms with Crippen molar-refractivity contribution < 1.29 is 14.4 Å². The molecule has 24 heavy (non-hydrogen) atoms. The maximum Gasteiger partial charge on any atom is 0.251 e. The van der Waals surface area contributed by atoms with Crippen LogP contribution in [0, 0.1) is 5.92 Å². The number of carbonyl (C=O) groups excluding carboxylic acids is 3. The molecule has 126 valence electrons. The zero-order valence-electron chi connectivity index (χ0n) is 13.5. The van der Waals surface area contributed by atoms with E-state index >= 15 is 0 Å². The van der Waals surface area contributed by atoms with Gasteiger partial charge in [0.1, 0.15) is 0 Å². The van der Waals surface area contributed by atoms with Crippen LogP contribution in [0.15, 0.2) is 30.9 Å². The first-order valence-electron chi connectivity index (χ1n) is 8.21. The molecule has 2 aliphatic rings. The van der Waals surface area contributed by atoms with E-state index in [1.807, 2.05) is 6.07 Å². The first-order valence-corrected chi connectivity index (χ1v) is 8.21. The molecule has 1 saturated heterocycles. The molecular formula is C18H21N3O3. The summed E-state index contributed by atoms with van der Waals surface area (Å²) in [6.07, 6.45) is 3.34. The zero-order chi connectivity index (χ0) is 17.1. The van der Waals surface area contributed by atoms with Gasteiger partial charge in [-0.15, -0.1) is 0 Å². The molecule has 6 heteroatoms. The van der Waals surface area contributed by atoms with E-state index in [1.165, 1.54) is 6.08 Å². The van der Waals surface area contributed by atoms with Crippen LogP contribution in [-0.2, 0) is 16.0 Å². The minimum Gasteiger partial charge on any atom is -0.356 e. The van der Waals surface area contributed by atoms with Gasteiger partial charge in [0, 0.05) is 43.2 Å². The van der Waals surface area contributed by atoms with Crippen LogP contribution < -0.4 is 15.5 Å². The fraction of sp³-hybridized carbons (Fsp3) is 0.389. The standard InChI is InChI=1S/C18H21N3O3/c1-2-17(23)21-8-4-6-13-14(5-3-7-15(13)21)18(24)20-11-12-9-16(22)19-10-12/h2-3,5,7,12H,1,4,6,8-11H2,(H,19,22)(H,20,24). The van der Waals surface area contributed by atoms with Gasteiger partial charge in [0.15, 0.2) is 0 Å². The summed E-state index contributed by atoms with van der Waals surface area (Å²) < 4.78 is 0. The first-order chi connectivity index (χ1) is 11.6. The summed E-state index contributed by atoms with van der Waals surface area (Å²) in [5.41, 5.74) is 2.29. The van der Waals surface area contributed by atoms with Crippen molar-refractivity contribution >= 4 is 23.4 Å². The van der Waals surface area contributed by atoms with Crippen molar-refractivity contribution in [1.29, 1.82) is 0 Å². The maximum absolute atomic E-state index is 12.6. The smallest absolute Gasteiger partial charge is 0.251 e. The normalized spacial score (nSPS) is 19.4. The number of nitrogens with one attached hydrogen (secondary N) is 2. The minimum absolute atomic E-state index is 0.0323. The third-order valence-corrected chi connectivity index (χ3v) is 4.55. The van der Waals surface area contributed by atoms with E-state index in [1.54, 1.807) is 17.0 Å². The number of rotatable bonds is 4. The fourth-order valence-corrected chi connectivity index (χ4v) is 3.32. The molecule has 2 aliphatic heterocycles. The Hall–Kier alpha value is -2.63. The highest BCUT2D eigenvalue weighted by atomic mass is 16.2. The molecule has 3 rings (SSSR count). The molecule has 1 aromatic carbocycles. The second-order valence-electron chi connectivity index (χ2n) is 6.19. The van der Waals surface area contributed by atoms with Crippen molar-refractivity contribution in [2.75, 3.05) is 24.5 Å². The van der Waals surface area contributed by atoms with Crippen molar-refractivity contribution in [3.63, 3.8) is 0 Å². The molecular weight excluding hydrogens is 306 g/mol. The number of carbonyl (C=O) groups is 3. The Labute approximate surface area is 140 Å². The first kappa shape index (κ1) is 16.2. The Kier molecular flexibility index (Phi) is 4.64. The van der Waals surface area contributed by atoms with Gasteiger partial charge in [-0.3, -0.25) is 14.4 Å². The number of amides is 3. The molecule has 0 aromatic heterocycles. The number of hydrogen-bond acceptors (Lipinski definition) is 3. The second kappa shape index (κ2) is 6.86. The van der Waals surface area contributed by atoms with E-state index < -0.39 is 0 Å². The lowest BCUT2D eigenvalue weighted by Gasteiger charge is -2.30. The topological polar surface area (TPSA) is 78.5 Å². The molecule has 1 atom stereocenters. The number of fused-ring (bicyclic) bond motifs is 1. The van der Waals surface area contributed by atoms with E-state index in [4.69, 9.17) is 0 Å². The lowest BCUT2D eigenvalue weighted by Crippen LogP contribution is -2.36. The van der Waals surface area contributed by atoms with E-state index in [0.29, 0.717) is 31.6 Å². The Morgan fingerprint density at radius 1 is 1.42 bits per heavy atom. The van der Waals surface area contributed by atoms with E-state index in [2.05, 4.69) is 17.2 Å². The van der Waals surface area contributed by atoms with Gasteiger partial charge in [-0.25, -0.2) is 0 Å². The highest BCUT2D eigenvalue weighted by Gasteiger charge is 2.26. The third kappa shape index (κ3) is 3.18. The van der Waals surface area contributed by atoms with Crippen molar-refractivity contribution in [1.82, 2.24) is 10.6 Å². The summed E-state index contributed by atoms with van der Waals surface area (Å²) >= 11 is 0. The highest BCUT2D eigenvalue weighted by Crippen LogP contribution is 2.30. The maximum atomic E-state index is 12.6. The Balaban J connectivity index is 1.76. The lowest BCUT2D eigenvalue weighted by atomic mass is 9.95. The molecule has 1 unspecified atom stereocenters. The van der Waals surface area contributed by atoms with E-state index in [0.717, 1.165) is 24.1 Å². The van der Waals surface area contributed by atoms with Crippen LogP contribution >= 0.6 is 0 Å². The number of nitrogens with zero attached hydrogens (tertiary/aromatic N) is 1. The van der Waals surface area contributed by atoms with Crippen LogP contribution in [0.3, 0.4) is 0 Å². The molecule has 0 bridgehead atoms. The largest absolute Gasteiger partial charge is 0.356 e. The number of anilines is 1. The number of hydrogen-bond donors (Lipinski definition) is 2. The molecule has 1 fully saturated rings. The molecule has 0 spiro atoms. The molecule has 1 aromatic rings. The van der Waals surface area contributed by atoms with Gasteiger partial charge in [-0.2, -0.15) is 0 Å². The third-order valence-electron chi connectivity index (χ3n) is 4.55. The summed E-state index contributed by atoms with van der Waals surface area (Å²) in [5.74, 6) is -0.132. The molecule has 6 nitrogen and oxygen atoms in total.